The highest BCUT2D eigenvalue weighted by Gasteiger charge is 2.46. The third-order valence-electron chi connectivity index (χ3n) is 6.86. The summed E-state index contributed by atoms with van der Waals surface area (Å²) >= 11 is 0. The van der Waals surface area contributed by atoms with E-state index in [0.717, 1.165) is 24.1 Å². The molecule has 1 aromatic heterocycles. The SMILES string of the molecule is CCOC(=O)[C@@H]1[C@H]2CN(C(=O)c3cn[nH]c3C3CCCCC3)C[C@@H]2C=C[C@@H]1C. The number of ether oxygens (including phenoxy) is 1. The predicted octanol–water partition coefficient (Wildman–Crippen LogP) is 3.53. The number of aromatic amines is 1. The molecule has 1 amide bonds. The van der Waals surface area contributed by atoms with Gasteiger partial charge in [0, 0.05) is 19.0 Å². The van der Waals surface area contributed by atoms with Crippen LogP contribution in [0.5, 0.6) is 0 Å². The van der Waals surface area contributed by atoms with Crippen molar-refractivity contribution >= 4 is 11.9 Å². The molecule has 2 fully saturated rings. The van der Waals surface area contributed by atoms with Crippen molar-refractivity contribution < 1.29 is 14.3 Å². The molecular weight excluding hydrogens is 354 g/mol. The van der Waals surface area contributed by atoms with Gasteiger partial charge in [-0.25, -0.2) is 0 Å². The lowest BCUT2D eigenvalue weighted by Crippen LogP contribution is -2.37. The molecule has 6 heteroatoms. The number of likely N-dealkylation sites (tertiary alicyclic amines) is 1. The average Bonchev–Trinajstić information content (AvgIpc) is 3.35. The van der Waals surface area contributed by atoms with Crippen molar-refractivity contribution in [1.82, 2.24) is 15.1 Å². The van der Waals surface area contributed by atoms with E-state index in [9.17, 15) is 9.59 Å². The first-order chi connectivity index (χ1) is 13.6. The highest BCUT2D eigenvalue weighted by molar-refractivity contribution is 5.95. The highest BCUT2D eigenvalue weighted by Crippen LogP contribution is 2.41. The van der Waals surface area contributed by atoms with Gasteiger partial charge in [0.05, 0.1) is 30.0 Å². The number of allylic oxidation sites excluding steroid dienone is 1. The second-order valence-electron chi connectivity index (χ2n) is 8.59. The molecule has 4 rings (SSSR count). The fourth-order valence-corrected chi connectivity index (χ4v) is 5.40. The van der Waals surface area contributed by atoms with Crippen molar-refractivity contribution in [3.8, 4) is 0 Å². The summed E-state index contributed by atoms with van der Waals surface area (Å²) in [5.41, 5.74) is 1.72. The van der Waals surface area contributed by atoms with Crippen LogP contribution in [-0.2, 0) is 9.53 Å². The average molecular weight is 386 g/mol. The molecule has 0 bridgehead atoms. The van der Waals surface area contributed by atoms with Gasteiger partial charge in [0.25, 0.3) is 5.91 Å². The van der Waals surface area contributed by atoms with Crippen LogP contribution >= 0.6 is 0 Å². The van der Waals surface area contributed by atoms with Crippen LogP contribution in [0, 0.1) is 23.7 Å². The summed E-state index contributed by atoms with van der Waals surface area (Å²) in [5, 5.41) is 7.31. The second kappa shape index (κ2) is 8.10. The predicted molar refractivity (Wildman–Crippen MR) is 106 cm³/mol. The van der Waals surface area contributed by atoms with Crippen LogP contribution in [-0.4, -0.2) is 46.7 Å². The smallest absolute Gasteiger partial charge is 0.309 e. The van der Waals surface area contributed by atoms with Crippen LogP contribution in [0.4, 0.5) is 0 Å². The number of rotatable bonds is 4. The summed E-state index contributed by atoms with van der Waals surface area (Å²) in [4.78, 5) is 27.8. The van der Waals surface area contributed by atoms with Gasteiger partial charge in [0.1, 0.15) is 0 Å². The van der Waals surface area contributed by atoms with Crippen molar-refractivity contribution in [2.45, 2.75) is 51.9 Å². The van der Waals surface area contributed by atoms with E-state index < -0.39 is 0 Å². The van der Waals surface area contributed by atoms with E-state index in [0.29, 0.717) is 25.6 Å². The van der Waals surface area contributed by atoms with Gasteiger partial charge in [-0.1, -0.05) is 38.3 Å². The molecule has 1 N–H and O–H groups in total. The quantitative estimate of drug-likeness (QED) is 0.635. The number of esters is 1. The van der Waals surface area contributed by atoms with Crippen LogP contribution in [0.3, 0.4) is 0 Å². The Balaban J connectivity index is 1.51. The van der Waals surface area contributed by atoms with Crippen LogP contribution in [0.2, 0.25) is 0 Å². The minimum atomic E-state index is -0.171. The lowest BCUT2D eigenvalue weighted by molar-refractivity contribution is -0.152. The van der Waals surface area contributed by atoms with E-state index in [1.807, 2.05) is 11.8 Å². The summed E-state index contributed by atoms with van der Waals surface area (Å²) in [7, 11) is 0. The van der Waals surface area contributed by atoms with E-state index in [2.05, 4.69) is 29.3 Å². The fourth-order valence-electron chi connectivity index (χ4n) is 5.40. The van der Waals surface area contributed by atoms with Crippen LogP contribution in [0.25, 0.3) is 0 Å². The standard InChI is InChI=1S/C22H31N3O3/c1-3-28-22(27)19-14(2)9-10-16-12-25(13-18(16)19)21(26)17-11-23-24-20(17)15-7-5-4-6-8-15/h9-11,14-16,18-19H,3-8,12-13H2,1-2H3,(H,23,24)/t14-,16-,18-,19-/m0/s1. The Bertz CT molecular complexity index is 750. The van der Waals surface area contributed by atoms with Crippen molar-refractivity contribution in [2.24, 2.45) is 23.7 Å². The molecule has 0 radical (unpaired) electrons. The molecule has 6 nitrogen and oxygen atoms in total. The number of nitrogens with one attached hydrogen (secondary N) is 1. The largest absolute Gasteiger partial charge is 0.466 e. The molecule has 0 spiro atoms. The Kier molecular flexibility index (Phi) is 5.56. The molecule has 28 heavy (non-hydrogen) atoms. The van der Waals surface area contributed by atoms with Crippen molar-refractivity contribution in [3.05, 3.63) is 29.6 Å². The molecule has 1 saturated heterocycles. The van der Waals surface area contributed by atoms with Crippen molar-refractivity contribution in [1.29, 1.82) is 0 Å². The summed E-state index contributed by atoms with van der Waals surface area (Å²) in [6.07, 6.45) is 12.0. The first-order valence-electron chi connectivity index (χ1n) is 10.8. The highest BCUT2D eigenvalue weighted by atomic mass is 16.5. The molecule has 1 aromatic rings. The second-order valence-corrected chi connectivity index (χ2v) is 8.59. The van der Waals surface area contributed by atoms with Gasteiger partial charge in [-0.3, -0.25) is 14.7 Å². The maximum absolute atomic E-state index is 13.3. The number of carbonyl (C=O) groups is 2. The van der Waals surface area contributed by atoms with Crippen LogP contribution in [0.1, 0.15) is 67.9 Å². The maximum atomic E-state index is 13.3. The van der Waals surface area contributed by atoms with E-state index in [1.165, 1.54) is 19.3 Å². The van der Waals surface area contributed by atoms with Gasteiger partial charge in [-0.15, -0.1) is 0 Å². The minimum absolute atomic E-state index is 0.0485. The number of fused-ring (bicyclic) bond motifs is 1. The van der Waals surface area contributed by atoms with Crippen molar-refractivity contribution in [3.63, 3.8) is 0 Å². The Morgan fingerprint density at radius 3 is 2.75 bits per heavy atom. The van der Waals surface area contributed by atoms with Gasteiger partial charge in [-0.2, -0.15) is 5.10 Å². The molecule has 3 aliphatic rings. The van der Waals surface area contributed by atoms with E-state index in [-0.39, 0.29) is 35.5 Å². The lowest BCUT2D eigenvalue weighted by Gasteiger charge is -2.31. The topological polar surface area (TPSA) is 75.3 Å². The zero-order valence-electron chi connectivity index (χ0n) is 16.9. The molecule has 4 atom stereocenters. The number of hydrogen-bond donors (Lipinski definition) is 1. The first-order valence-corrected chi connectivity index (χ1v) is 10.8. The molecular formula is C22H31N3O3. The number of nitrogens with zero attached hydrogens (tertiary/aromatic N) is 2. The first kappa shape index (κ1) is 19.2. The number of hydrogen-bond acceptors (Lipinski definition) is 4. The van der Waals surface area contributed by atoms with Crippen LogP contribution in [0.15, 0.2) is 18.3 Å². The molecule has 0 aromatic carbocycles. The van der Waals surface area contributed by atoms with E-state index in [1.54, 1.807) is 6.20 Å². The maximum Gasteiger partial charge on any atom is 0.309 e. The summed E-state index contributed by atoms with van der Waals surface area (Å²) in [6, 6.07) is 0. The Hall–Kier alpha value is -2.11. The number of H-pyrrole nitrogens is 1. The Morgan fingerprint density at radius 1 is 1.21 bits per heavy atom. The molecule has 2 aliphatic carbocycles. The number of aromatic nitrogens is 2. The zero-order chi connectivity index (χ0) is 19.7. The lowest BCUT2D eigenvalue weighted by atomic mass is 9.72. The normalized spacial score (nSPS) is 30.3. The van der Waals surface area contributed by atoms with Crippen molar-refractivity contribution in [2.75, 3.05) is 19.7 Å². The summed E-state index contributed by atoms with van der Waals surface area (Å²) < 4.78 is 5.34. The van der Waals surface area contributed by atoms with Gasteiger partial charge in [-0.05, 0) is 37.5 Å². The van der Waals surface area contributed by atoms with Gasteiger partial charge in [0.15, 0.2) is 0 Å². The van der Waals surface area contributed by atoms with E-state index >= 15 is 0 Å². The van der Waals surface area contributed by atoms with E-state index in [4.69, 9.17) is 4.74 Å². The monoisotopic (exact) mass is 385 g/mol. The van der Waals surface area contributed by atoms with Gasteiger partial charge >= 0.3 is 5.97 Å². The zero-order valence-corrected chi connectivity index (χ0v) is 16.9. The fraction of sp³-hybridized carbons (Fsp3) is 0.682. The van der Waals surface area contributed by atoms with Gasteiger partial charge in [0.2, 0.25) is 0 Å². The summed E-state index contributed by atoms with van der Waals surface area (Å²) in [5.74, 6) is 0.652. The Labute approximate surface area is 166 Å². The minimum Gasteiger partial charge on any atom is -0.466 e. The molecule has 152 valence electrons. The molecule has 0 unspecified atom stereocenters. The van der Waals surface area contributed by atoms with Crippen LogP contribution < -0.4 is 0 Å². The molecule has 1 saturated carbocycles. The van der Waals surface area contributed by atoms with Gasteiger partial charge < -0.3 is 9.64 Å². The third kappa shape index (κ3) is 3.49. The summed E-state index contributed by atoms with van der Waals surface area (Å²) in [6.45, 7) is 5.57. The number of amides is 1. The third-order valence-corrected chi connectivity index (χ3v) is 6.86. The Morgan fingerprint density at radius 2 is 2.00 bits per heavy atom. The molecule has 2 heterocycles. The molecule has 1 aliphatic heterocycles. The number of carbonyl (C=O) groups excluding carboxylic acids is 2.